The van der Waals surface area contributed by atoms with Gasteiger partial charge in [0.1, 0.15) is 0 Å². The maximum Gasteiger partial charge on any atom is 0.0647 e. The number of hydrogen-bond acceptors (Lipinski definition) is 2. The summed E-state index contributed by atoms with van der Waals surface area (Å²) in [6.45, 7) is 0. The molecule has 0 radical (unpaired) electrons. The average Bonchev–Trinajstić information content (AvgIpc) is 2.41. The van der Waals surface area contributed by atoms with Gasteiger partial charge in [0.05, 0.1) is 11.7 Å². The molecule has 2 saturated carbocycles. The van der Waals surface area contributed by atoms with Crippen LogP contribution in [0.5, 0.6) is 0 Å². The van der Waals surface area contributed by atoms with Gasteiger partial charge in [-0.1, -0.05) is 44.9 Å². The van der Waals surface area contributed by atoms with Crippen LogP contribution in [0.2, 0.25) is 0 Å². The lowest BCUT2D eigenvalue weighted by atomic mass is 9.80. The molecule has 0 amide bonds. The Labute approximate surface area is 118 Å². The van der Waals surface area contributed by atoms with Crippen molar-refractivity contribution in [2.75, 3.05) is 0 Å². The molecule has 19 heavy (non-hydrogen) atoms. The highest BCUT2D eigenvalue weighted by atomic mass is 16.3. The average molecular weight is 268 g/mol. The van der Waals surface area contributed by atoms with Crippen molar-refractivity contribution >= 4 is 0 Å². The Balaban J connectivity index is 1.50. The van der Waals surface area contributed by atoms with E-state index in [1.807, 2.05) is 0 Å². The SMILES string of the molecule is OC1CCC(CCCCCC2(O)CCCCC2)CC1. The molecule has 0 unspecified atom stereocenters. The minimum atomic E-state index is -0.312. The monoisotopic (exact) mass is 268 g/mol. The van der Waals surface area contributed by atoms with E-state index in [9.17, 15) is 10.2 Å². The van der Waals surface area contributed by atoms with E-state index >= 15 is 0 Å². The molecular weight excluding hydrogens is 236 g/mol. The molecule has 0 atom stereocenters. The summed E-state index contributed by atoms with van der Waals surface area (Å²) in [5.74, 6) is 0.862. The summed E-state index contributed by atoms with van der Waals surface area (Å²) in [7, 11) is 0. The Hall–Kier alpha value is -0.0800. The first-order chi connectivity index (χ1) is 9.18. The number of aliphatic hydroxyl groups excluding tert-OH is 1. The van der Waals surface area contributed by atoms with Crippen molar-refractivity contribution in [2.45, 2.75) is 102 Å². The number of aliphatic hydroxyl groups is 2. The van der Waals surface area contributed by atoms with Crippen molar-refractivity contribution in [3.05, 3.63) is 0 Å². The fourth-order valence-corrected chi connectivity index (χ4v) is 3.96. The second-order valence-corrected chi connectivity index (χ2v) is 7.06. The summed E-state index contributed by atoms with van der Waals surface area (Å²) >= 11 is 0. The van der Waals surface area contributed by atoms with Gasteiger partial charge < -0.3 is 10.2 Å². The highest BCUT2D eigenvalue weighted by molar-refractivity contribution is 4.82. The molecule has 2 aliphatic rings. The third kappa shape index (κ3) is 5.43. The van der Waals surface area contributed by atoms with Crippen LogP contribution < -0.4 is 0 Å². The molecule has 112 valence electrons. The van der Waals surface area contributed by atoms with Gasteiger partial charge in [0.25, 0.3) is 0 Å². The van der Waals surface area contributed by atoms with E-state index in [0.29, 0.717) is 0 Å². The molecule has 0 bridgehead atoms. The molecule has 0 heterocycles. The molecule has 2 heteroatoms. The largest absolute Gasteiger partial charge is 0.393 e. The molecule has 2 nitrogen and oxygen atoms in total. The van der Waals surface area contributed by atoms with Gasteiger partial charge in [-0.2, -0.15) is 0 Å². The van der Waals surface area contributed by atoms with Crippen molar-refractivity contribution in [2.24, 2.45) is 5.92 Å². The molecule has 0 aliphatic heterocycles. The first kappa shape index (κ1) is 15.3. The second-order valence-electron chi connectivity index (χ2n) is 7.06. The predicted octanol–water partition coefficient (Wildman–Crippen LogP) is 4.18. The molecule has 2 N–H and O–H groups in total. The van der Waals surface area contributed by atoms with Crippen LogP contribution in [0, 0.1) is 5.92 Å². The zero-order chi connectivity index (χ0) is 13.6. The minimum Gasteiger partial charge on any atom is -0.393 e. The lowest BCUT2D eigenvalue weighted by molar-refractivity contribution is -0.00598. The summed E-state index contributed by atoms with van der Waals surface area (Å²) in [6.07, 6.45) is 16.5. The van der Waals surface area contributed by atoms with E-state index in [-0.39, 0.29) is 11.7 Å². The zero-order valence-corrected chi connectivity index (χ0v) is 12.4. The Morgan fingerprint density at radius 3 is 2.21 bits per heavy atom. The van der Waals surface area contributed by atoms with Gasteiger partial charge in [0, 0.05) is 0 Å². The van der Waals surface area contributed by atoms with E-state index in [1.165, 1.54) is 57.8 Å². The first-order valence-electron chi connectivity index (χ1n) is 8.58. The topological polar surface area (TPSA) is 40.5 Å². The molecule has 2 rings (SSSR count). The molecule has 2 aliphatic carbocycles. The Kier molecular flexibility index (Phi) is 6.15. The molecule has 2 fully saturated rings. The Morgan fingerprint density at radius 1 is 0.842 bits per heavy atom. The molecule has 0 spiro atoms. The van der Waals surface area contributed by atoms with Gasteiger partial charge >= 0.3 is 0 Å². The lowest BCUT2D eigenvalue weighted by Gasteiger charge is -2.32. The Bertz CT molecular complexity index is 238. The highest BCUT2D eigenvalue weighted by Crippen LogP contribution is 2.33. The van der Waals surface area contributed by atoms with Gasteiger partial charge in [0.2, 0.25) is 0 Å². The first-order valence-corrected chi connectivity index (χ1v) is 8.58. The van der Waals surface area contributed by atoms with Crippen molar-refractivity contribution in [3.8, 4) is 0 Å². The van der Waals surface area contributed by atoms with Gasteiger partial charge in [-0.25, -0.2) is 0 Å². The number of rotatable bonds is 6. The second kappa shape index (κ2) is 7.64. The summed E-state index contributed by atoms with van der Waals surface area (Å²) < 4.78 is 0. The maximum absolute atomic E-state index is 10.4. The van der Waals surface area contributed by atoms with Crippen LogP contribution in [0.15, 0.2) is 0 Å². The standard InChI is InChI=1S/C17H32O2/c18-16-10-8-15(9-11-16)7-3-1-4-12-17(19)13-5-2-6-14-17/h15-16,18-19H,1-14H2. The molecular formula is C17H32O2. The lowest BCUT2D eigenvalue weighted by Crippen LogP contribution is -2.31. The van der Waals surface area contributed by atoms with Gasteiger partial charge in [-0.3, -0.25) is 0 Å². The Morgan fingerprint density at radius 2 is 1.53 bits per heavy atom. The van der Waals surface area contributed by atoms with Crippen LogP contribution in [-0.2, 0) is 0 Å². The maximum atomic E-state index is 10.4. The van der Waals surface area contributed by atoms with Crippen LogP contribution in [0.25, 0.3) is 0 Å². The van der Waals surface area contributed by atoms with Crippen LogP contribution in [0.3, 0.4) is 0 Å². The van der Waals surface area contributed by atoms with Crippen molar-refractivity contribution in [1.82, 2.24) is 0 Å². The van der Waals surface area contributed by atoms with Crippen LogP contribution in [0.1, 0.15) is 89.9 Å². The molecule has 0 saturated heterocycles. The van der Waals surface area contributed by atoms with E-state index in [0.717, 1.165) is 38.0 Å². The van der Waals surface area contributed by atoms with Gasteiger partial charge in [0.15, 0.2) is 0 Å². The fourth-order valence-electron chi connectivity index (χ4n) is 3.96. The third-order valence-electron chi connectivity index (χ3n) is 5.36. The van der Waals surface area contributed by atoms with Crippen molar-refractivity contribution < 1.29 is 10.2 Å². The normalized spacial score (nSPS) is 31.3. The minimum absolute atomic E-state index is 0.0169. The van der Waals surface area contributed by atoms with Crippen molar-refractivity contribution in [3.63, 3.8) is 0 Å². The van der Waals surface area contributed by atoms with Crippen LogP contribution in [0.4, 0.5) is 0 Å². The predicted molar refractivity (Wildman–Crippen MR) is 79.1 cm³/mol. The van der Waals surface area contributed by atoms with Crippen LogP contribution >= 0.6 is 0 Å². The summed E-state index contributed by atoms with van der Waals surface area (Å²) in [5.41, 5.74) is -0.312. The smallest absolute Gasteiger partial charge is 0.0647 e. The fraction of sp³-hybridized carbons (Fsp3) is 1.00. The van der Waals surface area contributed by atoms with E-state index in [4.69, 9.17) is 0 Å². The van der Waals surface area contributed by atoms with Gasteiger partial charge in [-0.15, -0.1) is 0 Å². The third-order valence-corrected chi connectivity index (χ3v) is 5.36. The quantitative estimate of drug-likeness (QED) is 0.709. The molecule has 0 aromatic carbocycles. The van der Waals surface area contributed by atoms with Crippen LogP contribution in [-0.4, -0.2) is 21.9 Å². The summed E-state index contributed by atoms with van der Waals surface area (Å²) in [4.78, 5) is 0. The van der Waals surface area contributed by atoms with Crippen molar-refractivity contribution in [1.29, 1.82) is 0 Å². The number of hydrogen-bond donors (Lipinski definition) is 2. The molecule has 0 aromatic rings. The highest BCUT2D eigenvalue weighted by Gasteiger charge is 2.28. The van der Waals surface area contributed by atoms with E-state index in [1.54, 1.807) is 0 Å². The summed E-state index contributed by atoms with van der Waals surface area (Å²) in [5, 5.41) is 19.9. The summed E-state index contributed by atoms with van der Waals surface area (Å²) in [6, 6.07) is 0. The van der Waals surface area contributed by atoms with E-state index in [2.05, 4.69) is 0 Å². The molecule has 0 aromatic heterocycles. The zero-order valence-electron chi connectivity index (χ0n) is 12.4. The van der Waals surface area contributed by atoms with Gasteiger partial charge in [-0.05, 0) is 50.9 Å². The number of unbranched alkanes of at least 4 members (excludes halogenated alkanes) is 2. The van der Waals surface area contributed by atoms with E-state index < -0.39 is 0 Å².